The molecule has 1 rings (SSSR count). The van der Waals surface area contributed by atoms with Crippen molar-refractivity contribution >= 4 is 16.7 Å². The number of nitrogens with one attached hydrogen (secondary N) is 1. The Balaban J connectivity index is 2.60. The van der Waals surface area contributed by atoms with E-state index in [9.17, 15) is 8.78 Å². The van der Waals surface area contributed by atoms with Gasteiger partial charge in [-0.05, 0) is 0 Å². The maximum atomic E-state index is 12.8. The van der Waals surface area contributed by atoms with Gasteiger partial charge in [-0.25, -0.2) is 13.8 Å². The first kappa shape index (κ1) is 13.2. The molecule has 0 aromatic carbocycles. The minimum absolute atomic E-state index is 0.174. The molecule has 0 aliphatic rings. The van der Waals surface area contributed by atoms with Crippen LogP contribution in [-0.4, -0.2) is 28.4 Å². The van der Waals surface area contributed by atoms with Gasteiger partial charge in [0.2, 0.25) is 5.13 Å². The molecule has 1 aromatic heterocycles. The van der Waals surface area contributed by atoms with E-state index in [1.807, 2.05) is 20.8 Å². The summed E-state index contributed by atoms with van der Waals surface area (Å²) in [5, 5.41) is 2.94. The second kappa shape index (κ2) is 4.58. The zero-order chi connectivity index (χ0) is 12.4. The summed E-state index contributed by atoms with van der Waals surface area (Å²) in [6.07, 6.45) is 0. The Morgan fingerprint density at radius 2 is 2.00 bits per heavy atom. The van der Waals surface area contributed by atoms with Crippen LogP contribution in [0.15, 0.2) is 0 Å². The van der Waals surface area contributed by atoms with Crippen molar-refractivity contribution in [2.24, 2.45) is 5.73 Å². The third-order valence-corrected chi connectivity index (χ3v) is 2.57. The summed E-state index contributed by atoms with van der Waals surface area (Å²) in [5.74, 6) is -2.26. The van der Waals surface area contributed by atoms with Crippen LogP contribution in [0, 0.1) is 0 Å². The first-order chi connectivity index (χ1) is 7.24. The maximum absolute atomic E-state index is 12.8. The molecule has 0 amide bonds. The van der Waals surface area contributed by atoms with Crippen molar-refractivity contribution in [3.05, 3.63) is 5.82 Å². The monoisotopic (exact) mass is 250 g/mol. The first-order valence-corrected chi connectivity index (χ1v) is 5.68. The Hall–Kier alpha value is -0.820. The van der Waals surface area contributed by atoms with Crippen LogP contribution in [0.2, 0.25) is 0 Å². The number of alkyl halides is 2. The molecule has 0 atom stereocenters. The van der Waals surface area contributed by atoms with E-state index in [1.54, 1.807) is 0 Å². The van der Waals surface area contributed by atoms with Crippen molar-refractivity contribution in [3.63, 3.8) is 0 Å². The number of anilines is 1. The molecule has 1 heterocycles. The minimum atomic E-state index is -2.91. The Morgan fingerprint density at radius 3 is 2.44 bits per heavy atom. The van der Waals surface area contributed by atoms with Gasteiger partial charge in [-0.2, -0.15) is 4.37 Å². The number of nitrogens with zero attached hydrogens (tertiary/aromatic N) is 2. The second-order valence-corrected chi connectivity index (χ2v) is 5.34. The zero-order valence-electron chi connectivity index (χ0n) is 9.55. The topological polar surface area (TPSA) is 63.8 Å². The molecule has 3 N–H and O–H groups in total. The van der Waals surface area contributed by atoms with Gasteiger partial charge in [0.05, 0.1) is 13.1 Å². The van der Waals surface area contributed by atoms with E-state index in [2.05, 4.69) is 14.7 Å². The third kappa shape index (κ3) is 3.64. The first-order valence-electron chi connectivity index (χ1n) is 4.90. The summed E-state index contributed by atoms with van der Waals surface area (Å²) in [4.78, 5) is 4.14. The molecule has 92 valence electrons. The van der Waals surface area contributed by atoms with Crippen molar-refractivity contribution in [2.45, 2.75) is 32.1 Å². The van der Waals surface area contributed by atoms with Crippen LogP contribution in [0.5, 0.6) is 0 Å². The largest absolute Gasteiger partial charge is 0.354 e. The summed E-state index contributed by atoms with van der Waals surface area (Å²) in [6, 6.07) is 0. The van der Waals surface area contributed by atoms with Crippen molar-refractivity contribution in [3.8, 4) is 0 Å². The molecule has 0 saturated carbocycles. The lowest BCUT2D eigenvalue weighted by atomic mass is 9.96. The molecule has 0 aliphatic heterocycles. The zero-order valence-corrected chi connectivity index (χ0v) is 10.4. The van der Waals surface area contributed by atoms with Crippen molar-refractivity contribution < 1.29 is 8.78 Å². The normalized spacial score (nSPS) is 12.9. The lowest BCUT2D eigenvalue weighted by Crippen LogP contribution is -2.35. The third-order valence-electron chi connectivity index (χ3n) is 1.89. The van der Waals surface area contributed by atoms with E-state index >= 15 is 0 Å². The van der Waals surface area contributed by atoms with Gasteiger partial charge in [-0.1, -0.05) is 20.8 Å². The van der Waals surface area contributed by atoms with E-state index in [4.69, 9.17) is 5.73 Å². The average Bonchev–Trinajstić information content (AvgIpc) is 2.63. The smallest absolute Gasteiger partial charge is 0.276 e. The molecule has 16 heavy (non-hydrogen) atoms. The van der Waals surface area contributed by atoms with Crippen LogP contribution in [0.25, 0.3) is 0 Å². The molecule has 1 aromatic rings. The van der Waals surface area contributed by atoms with Crippen LogP contribution < -0.4 is 11.1 Å². The molecule has 7 heteroatoms. The molecule has 4 nitrogen and oxygen atoms in total. The quantitative estimate of drug-likeness (QED) is 0.856. The SMILES string of the molecule is CC(C)(C)c1nsc(NCC(F)(F)CN)n1. The van der Waals surface area contributed by atoms with E-state index in [0.29, 0.717) is 11.0 Å². The van der Waals surface area contributed by atoms with Crippen molar-refractivity contribution in [1.82, 2.24) is 9.36 Å². The van der Waals surface area contributed by atoms with E-state index in [1.165, 1.54) is 0 Å². The average molecular weight is 250 g/mol. The highest BCUT2D eigenvalue weighted by Gasteiger charge is 2.27. The number of hydrogen-bond acceptors (Lipinski definition) is 5. The number of aromatic nitrogens is 2. The standard InChI is InChI=1S/C9H16F2N4S/c1-8(2,3)6-14-7(16-15-6)13-5-9(10,11)4-12/h4-5,12H2,1-3H3,(H,13,14,15). The molecular weight excluding hydrogens is 234 g/mol. The van der Waals surface area contributed by atoms with Gasteiger partial charge < -0.3 is 11.1 Å². The predicted octanol–water partition coefficient (Wildman–Crippen LogP) is 1.84. The summed E-state index contributed by atoms with van der Waals surface area (Å²) >= 11 is 1.08. The molecule has 0 unspecified atom stereocenters. The number of hydrogen-bond donors (Lipinski definition) is 2. The fourth-order valence-corrected chi connectivity index (χ4v) is 1.63. The Kier molecular flexibility index (Phi) is 3.80. The van der Waals surface area contributed by atoms with Crippen molar-refractivity contribution in [2.75, 3.05) is 18.4 Å². The van der Waals surface area contributed by atoms with Crippen LogP contribution in [0.4, 0.5) is 13.9 Å². The van der Waals surface area contributed by atoms with Gasteiger partial charge >= 0.3 is 0 Å². The van der Waals surface area contributed by atoms with Gasteiger partial charge in [-0.3, -0.25) is 0 Å². The highest BCUT2D eigenvalue weighted by Crippen LogP contribution is 2.23. The fraction of sp³-hybridized carbons (Fsp3) is 0.778. The molecule has 0 bridgehead atoms. The Labute approximate surface area is 97.4 Å². The summed E-state index contributed by atoms with van der Waals surface area (Å²) in [5.41, 5.74) is 4.75. The van der Waals surface area contributed by atoms with E-state index in [-0.39, 0.29) is 5.41 Å². The molecule has 0 spiro atoms. The Bertz CT molecular complexity index is 346. The van der Waals surface area contributed by atoms with Gasteiger partial charge in [0.25, 0.3) is 5.92 Å². The van der Waals surface area contributed by atoms with Crippen LogP contribution in [-0.2, 0) is 5.41 Å². The van der Waals surface area contributed by atoms with Crippen LogP contribution in [0.3, 0.4) is 0 Å². The van der Waals surface area contributed by atoms with Gasteiger partial charge in [-0.15, -0.1) is 0 Å². The molecule has 0 radical (unpaired) electrons. The highest BCUT2D eigenvalue weighted by atomic mass is 32.1. The molecule has 0 aliphatic carbocycles. The fourth-order valence-electron chi connectivity index (χ4n) is 0.877. The highest BCUT2D eigenvalue weighted by molar-refractivity contribution is 7.09. The number of nitrogens with two attached hydrogens (primary N) is 1. The Morgan fingerprint density at radius 1 is 1.38 bits per heavy atom. The molecule has 0 saturated heterocycles. The van der Waals surface area contributed by atoms with E-state index in [0.717, 1.165) is 11.5 Å². The minimum Gasteiger partial charge on any atom is -0.354 e. The number of halogens is 2. The van der Waals surface area contributed by atoms with Gasteiger partial charge in [0.15, 0.2) is 0 Å². The summed E-state index contributed by atoms with van der Waals surface area (Å²) in [7, 11) is 0. The summed E-state index contributed by atoms with van der Waals surface area (Å²) < 4.78 is 29.8. The van der Waals surface area contributed by atoms with Crippen LogP contribution >= 0.6 is 11.5 Å². The number of rotatable bonds is 4. The molecule has 0 fully saturated rings. The van der Waals surface area contributed by atoms with Crippen molar-refractivity contribution in [1.29, 1.82) is 0 Å². The van der Waals surface area contributed by atoms with Gasteiger partial charge in [0.1, 0.15) is 5.82 Å². The molecular formula is C9H16F2N4S. The van der Waals surface area contributed by atoms with E-state index < -0.39 is 19.0 Å². The lowest BCUT2D eigenvalue weighted by Gasteiger charge is -2.14. The van der Waals surface area contributed by atoms with Gasteiger partial charge in [0, 0.05) is 16.9 Å². The summed E-state index contributed by atoms with van der Waals surface area (Å²) in [6.45, 7) is 4.71. The van der Waals surface area contributed by atoms with Crippen LogP contribution in [0.1, 0.15) is 26.6 Å². The predicted molar refractivity (Wildman–Crippen MR) is 61.1 cm³/mol. The maximum Gasteiger partial charge on any atom is 0.276 e. The second-order valence-electron chi connectivity index (χ2n) is 4.59. The lowest BCUT2D eigenvalue weighted by molar-refractivity contribution is 0.0254.